The predicted molar refractivity (Wildman–Crippen MR) is 77.9 cm³/mol. The Kier molecular flexibility index (Phi) is 3.17. The third-order valence-corrected chi connectivity index (χ3v) is 4.08. The first-order chi connectivity index (χ1) is 8.88. The fourth-order valence-electron chi connectivity index (χ4n) is 2.34. The zero-order valence-corrected chi connectivity index (χ0v) is 11.0. The SMILES string of the molecule is NCc1cccc2c1ccn2CCc1ccsc1. The molecule has 3 heteroatoms. The molecule has 2 heterocycles. The number of fused-ring (bicyclic) bond motifs is 1. The predicted octanol–water partition coefficient (Wildman–Crippen LogP) is 3.40. The van der Waals surface area contributed by atoms with Crippen LogP contribution < -0.4 is 5.73 Å². The molecule has 1 aromatic carbocycles. The van der Waals surface area contributed by atoms with Crippen molar-refractivity contribution in [2.75, 3.05) is 0 Å². The van der Waals surface area contributed by atoms with Crippen LogP contribution in [0, 0.1) is 0 Å². The number of rotatable bonds is 4. The van der Waals surface area contributed by atoms with Gasteiger partial charge >= 0.3 is 0 Å². The first kappa shape index (κ1) is 11.5. The topological polar surface area (TPSA) is 30.9 Å². The van der Waals surface area contributed by atoms with E-state index in [1.165, 1.54) is 22.0 Å². The highest BCUT2D eigenvalue weighted by Gasteiger charge is 2.04. The molecule has 0 aliphatic rings. The summed E-state index contributed by atoms with van der Waals surface area (Å²) in [6.45, 7) is 1.63. The summed E-state index contributed by atoms with van der Waals surface area (Å²) < 4.78 is 2.31. The molecular weight excluding hydrogens is 240 g/mol. The summed E-state index contributed by atoms with van der Waals surface area (Å²) in [6.07, 6.45) is 3.25. The second-order valence-electron chi connectivity index (χ2n) is 4.44. The minimum Gasteiger partial charge on any atom is -0.347 e. The molecule has 18 heavy (non-hydrogen) atoms. The molecule has 3 rings (SSSR count). The van der Waals surface area contributed by atoms with Crippen LogP contribution in [-0.4, -0.2) is 4.57 Å². The second-order valence-corrected chi connectivity index (χ2v) is 5.22. The van der Waals surface area contributed by atoms with Gasteiger partial charge in [-0.15, -0.1) is 0 Å². The Morgan fingerprint density at radius 1 is 1.17 bits per heavy atom. The number of hydrogen-bond donors (Lipinski definition) is 1. The van der Waals surface area contributed by atoms with Gasteiger partial charge in [-0.1, -0.05) is 12.1 Å². The van der Waals surface area contributed by atoms with Gasteiger partial charge in [-0.3, -0.25) is 0 Å². The van der Waals surface area contributed by atoms with Gasteiger partial charge in [0.05, 0.1) is 0 Å². The van der Waals surface area contributed by atoms with E-state index in [9.17, 15) is 0 Å². The van der Waals surface area contributed by atoms with Gasteiger partial charge in [0.2, 0.25) is 0 Å². The molecule has 0 saturated heterocycles. The third-order valence-electron chi connectivity index (χ3n) is 3.35. The quantitative estimate of drug-likeness (QED) is 0.762. The van der Waals surface area contributed by atoms with E-state index in [1.807, 2.05) is 0 Å². The van der Waals surface area contributed by atoms with Crippen LogP contribution in [0.2, 0.25) is 0 Å². The molecule has 0 fully saturated rings. The minimum absolute atomic E-state index is 0.603. The monoisotopic (exact) mass is 256 g/mol. The van der Waals surface area contributed by atoms with Crippen molar-refractivity contribution in [3.8, 4) is 0 Å². The van der Waals surface area contributed by atoms with Crippen LogP contribution in [0.4, 0.5) is 0 Å². The second kappa shape index (κ2) is 4.96. The van der Waals surface area contributed by atoms with E-state index in [4.69, 9.17) is 5.73 Å². The summed E-state index contributed by atoms with van der Waals surface area (Å²) in [7, 11) is 0. The van der Waals surface area contributed by atoms with Crippen molar-refractivity contribution in [2.24, 2.45) is 5.73 Å². The van der Waals surface area contributed by atoms with Crippen LogP contribution in [0.15, 0.2) is 47.3 Å². The van der Waals surface area contributed by atoms with E-state index in [-0.39, 0.29) is 0 Å². The lowest BCUT2D eigenvalue weighted by Gasteiger charge is -2.05. The fraction of sp³-hybridized carbons (Fsp3) is 0.200. The van der Waals surface area contributed by atoms with Crippen molar-refractivity contribution in [1.29, 1.82) is 0 Å². The van der Waals surface area contributed by atoms with Gasteiger partial charge in [-0.2, -0.15) is 11.3 Å². The molecule has 0 spiro atoms. The lowest BCUT2D eigenvalue weighted by atomic mass is 10.1. The third kappa shape index (κ3) is 2.07. The summed E-state index contributed by atoms with van der Waals surface area (Å²) in [5.74, 6) is 0. The summed E-state index contributed by atoms with van der Waals surface area (Å²) in [5, 5.41) is 5.64. The van der Waals surface area contributed by atoms with Crippen molar-refractivity contribution < 1.29 is 0 Å². The smallest absolute Gasteiger partial charge is 0.0483 e. The van der Waals surface area contributed by atoms with Gasteiger partial charge < -0.3 is 10.3 Å². The number of benzene rings is 1. The van der Waals surface area contributed by atoms with E-state index in [0.29, 0.717) is 6.54 Å². The Balaban J connectivity index is 1.88. The highest BCUT2D eigenvalue weighted by atomic mass is 32.1. The molecule has 2 aromatic heterocycles. The molecule has 0 atom stereocenters. The normalized spacial score (nSPS) is 11.2. The maximum absolute atomic E-state index is 5.77. The zero-order chi connectivity index (χ0) is 12.4. The van der Waals surface area contributed by atoms with E-state index in [0.717, 1.165) is 13.0 Å². The Morgan fingerprint density at radius 2 is 2.11 bits per heavy atom. The minimum atomic E-state index is 0.603. The molecule has 92 valence electrons. The van der Waals surface area contributed by atoms with Gasteiger partial charge in [0, 0.05) is 30.2 Å². The molecule has 2 nitrogen and oxygen atoms in total. The number of nitrogens with zero attached hydrogens (tertiary/aromatic N) is 1. The summed E-state index contributed by atoms with van der Waals surface area (Å²) in [5.41, 5.74) is 9.69. The highest BCUT2D eigenvalue weighted by molar-refractivity contribution is 7.07. The average Bonchev–Trinajstić information content (AvgIpc) is 3.05. The Labute approximate surface area is 111 Å². The number of hydrogen-bond acceptors (Lipinski definition) is 2. The van der Waals surface area contributed by atoms with Crippen molar-refractivity contribution in [1.82, 2.24) is 4.57 Å². The van der Waals surface area contributed by atoms with Crippen LogP contribution >= 0.6 is 11.3 Å². The molecule has 3 aromatic rings. The van der Waals surface area contributed by atoms with Crippen LogP contribution in [0.1, 0.15) is 11.1 Å². The largest absolute Gasteiger partial charge is 0.347 e. The van der Waals surface area contributed by atoms with E-state index >= 15 is 0 Å². The molecule has 0 aliphatic heterocycles. The zero-order valence-electron chi connectivity index (χ0n) is 10.2. The highest BCUT2D eigenvalue weighted by Crippen LogP contribution is 2.20. The Bertz CT molecular complexity index is 638. The van der Waals surface area contributed by atoms with Crippen molar-refractivity contribution in [2.45, 2.75) is 19.5 Å². The molecule has 0 aliphatic carbocycles. The fourth-order valence-corrected chi connectivity index (χ4v) is 3.05. The van der Waals surface area contributed by atoms with E-state index in [2.05, 4.69) is 51.9 Å². The first-order valence-electron chi connectivity index (χ1n) is 6.16. The van der Waals surface area contributed by atoms with Crippen molar-refractivity contribution >= 4 is 22.2 Å². The van der Waals surface area contributed by atoms with Gasteiger partial charge in [-0.05, 0) is 46.5 Å². The summed E-state index contributed by atoms with van der Waals surface area (Å²) >= 11 is 1.76. The van der Waals surface area contributed by atoms with Crippen LogP contribution in [0.25, 0.3) is 10.9 Å². The number of thiophene rings is 1. The van der Waals surface area contributed by atoms with Crippen LogP contribution in [-0.2, 0) is 19.5 Å². The molecule has 0 amide bonds. The number of nitrogens with two attached hydrogens (primary N) is 1. The van der Waals surface area contributed by atoms with E-state index in [1.54, 1.807) is 11.3 Å². The Morgan fingerprint density at radius 3 is 2.89 bits per heavy atom. The molecular formula is C15H16N2S. The standard InChI is InChI=1S/C15H16N2S/c16-10-13-2-1-3-15-14(13)5-8-17(15)7-4-12-6-9-18-11-12/h1-3,5-6,8-9,11H,4,7,10,16H2. The van der Waals surface area contributed by atoms with Crippen molar-refractivity contribution in [3.05, 3.63) is 58.4 Å². The number of aromatic nitrogens is 1. The Hall–Kier alpha value is -1.58. The van der Waals surface area contributed by atoms with E-state index < -0.39 is 0 Å². The number of aryl methyl sites for hydroxylation is 2. The van der Waals surface area contributed by atoms with Crippen LogP contribution in [0.5, 0.6) is 0 Å². The van der Waals surface area contributed by atoms with Gasteiger partial charge in [0.15, 0.2) is 0 Å². The molecule has 0 unspecified atom stereocenters. The molecule has 0 bridgehead atoms. The maximum Gasteiger partial charge on any atom is 0.0483 e. The molecule has 0 radical (unpaired) electrons. The van der Waals surface area contributed by atoms with Crippen molar-refractivity contribution in [3.63, 3.8) is 0 Å². The lowest BCUT2D eigenvalue weighted by molar-refractivity contribution is 0.724. The summed E-state index contributed by atoms with van der Waals surface area (Å²) in [4.78, 5) is 0. The maximum atomic E-state index is 5.77. The average molecular weight is 256 g/mol. The van der Waals surface area contributed by atoms with Gasteiger partial charge in [0.25, 0.3) is 0 Å². The lowest BCUT2D eigenvalue weighted by Crippen LogP contribution is -2.00. The first-order valence-corrected chi connectivity index (χ1v) is 7.10. The molecule has 2 N–H and O–H groups in total. The van der Waals surface area contributed by atoms with Crippen LogP contribution in [0.3, 0.4) is 0 Å². The van der Waals surface area contributed by atoms with Gasteiger partial charge in [0.1, 0.15) is 0 Å². The summed E-state index contributed by atoms with van der Waals surface area (Å²) in [6, 6.07) is 10.7. The molecule has 0 saturated carbocycles. The van der Waals surface area contributed by atoms with Gasteiger partial charge in [-0.25, -0.2) is 0 Å².